The van der Waals surface area contributed by atoms with Crippen molar-refractivity contribution in [2.75, 3.05) is 19.7 Å². The fourth-order valence-corrected chi connectivity index (χ4v) is 3.01. The average molecular weight is 452 g/mol. The summed E-state index contributed by atoms with van der Waals surface area (Å²) in [5.74, 6) is -0.479. The number of benzene rings is 1. The Morgan fingerprint density at radius 2 is 1.94 bits per heavy atom. The topological polar surface area (TPSA) is 135 Å². The van der Waals surface area contributed by atoms with E-state index in [4.69, 9.17) is 20.1 Å². The fraction of sp³-hybridized carbons (Fsp3) is 0.571. The standard InChI is InChI=1S/C21H33N5O6/c1-5-25-16(11-12-26(20(25)29)31-13-15-9-7-6-8-10-15)18(27)24-30-14-17(22)23-19(28)32-21(2,3)4/h6-10,16-17H,5,11-14,22H2,1-4H3,(H,23,28)(H,24,27)/t16-,17-/m0/s1. The minimum atomic E-state index is -0.887. The van der Waals surface area contributed by atoms with Gasteiger partial charge in [-0.2, -0.15) is 0 Å². The van der Waals surface area contributed by atoms with Gasteiger partial charge in [0.25, 0.3) is 5.91 Å². The summed E-state index contributed by atoms with van der Waals surface area (Å²) in [6, 6.07) is 8.40. The van der Waals surface area contributed by atoms with Crippen molar-refractivity contribution in [3.63, 3.8) is 0 Å². The van der Waals surface area contributed by atoms with Crippen molar-refractivity contribution < 1.29 is 28.8 Å². The molecule has 11 nitrogen and oxygen atoms in total. The van der Waals surface area contributed by atoms with E-state index in [1.807, 2.05) is 30.3 Å². The van der Waals surface area contributed by atoms with Gasteiger partial charge >= 0.3 is 12.1 Å². The first kappa shape index (κ1) is 25.4. The highest BCUT2D eigenvalue weighted by atomic mass is 16.7. The van der Waals surface area contributed by atoms with E-state index in [1.165, 1.54) is 9.96 Å². The Bertz CT molecular complexity index is 770. The van der Waals surface area contributed by atoms with E-state index < -0.39 is 35.8 Å². The molecule has 4 amide bonds. The summed E-state index contributed by atoms with van der Waals surface area (Å²) in [6.07, 6.45) is -1.21. The number of amides is 4. The zero-order valence-electron chi connectivity index (χ0n) is 19.0. The number of nitrogens with two attached hydrogens (primary N) is 1. The van der Waals surface area contributed by atoms with Crippen LogP contribution in [-0.4, -0.2) is 65.5 Å². The SMILES string of the molecule is CCN1C(=O)N(OCc2ccccc2)CC[C@H]1C(=O)NOC[C@@H](N)NC(=O)OC(C)(C)C. The summed E-state index contributed by atoms with van der Waals surface area (Å²) in [5, 5.41) is 3.67. The molecule has 0 radical (unpaired) electrons. The first-order valence-corrected chi connectivity index (χ1v) is 10.5. The summed E-state index contributed by atoms with van der Waals surface area (Å²) in [4.78, 5) is 49.1. The minimum Gasteiger partial charge on any atom is -0.444 e. The molecule has 1 fully saturated rings. The van der Waals surface area contributed by atoms with Crippen molar-refractivity contribution in [1.82, 2.24) is 20.8 Å². The van der Waals surface area contributed by atoms with Gasteiger partial charge in [0.2, 0.25) is 0 Å². The number of hydrogen-bond donors (Lipinski definition) is 3. The summed E-state index contributed by atoms with van der Waals surface area (Å²) in [5.41, 5.74) is 8.34. The Labute approximate surface area is 188 Å². The molecule has 0 saturated carbocycles. The molecule has 1 aromatic carbocycles. The predicted molar refractivity (Wildman–Crippen MR) is 116 cm³/mol. The van der Waals surface area contributed by atoms with Crippen LogP contribution in [0.15, 0.2) is 30.3 Å². The van der Waals surface area contributed by atoms with E-state index in [2.05, 4.69) is 10.8 Å². The van der Waals surface area contributed by atoms with E-state index in [-0.39, 0.29) is 19.8 Å². The average Bonchev–Trinajstić information content (AvgIpc) is 2.71. The molecule has 1 aromatic rings. The second-order valence-electron chi connectivity index (χ2n) is 8.26. The molecule has 2 rings (SSSR count). The van der Waals surface area contributed by atoms with Crippen molar-refractivity contribution in [2.45, 2.75) is 58.5 Å². The van der Waals surface area contributed by atoms with Crippen LogP contribution in [0, 0.1) is 0 Å². The molecule has 0 aliphatic carbocycles. The number of nitrogens with one attached hydrogen (secondary N) is 2. The maximum absolute atomic E-state index is 12.7. The molecular weight excluding hydrogens is 418 g/mol. The third kappa shape index (κ3) is 7.98. The van der Waals surface area contributed by atoms with Gasteiger partial charge in [0.1, 0.15) is 31.0 Å². The molecule has 2 atom stereocenters. The van der Waals surface area contributed by atoms with Gasteiger partial charge in [-0.05, 0) is 39.7 Å². The van der Waals surface area contributed by atoms with E-state index in [0.29, 0.717) is 13.0 Å². The Kier molecular flexibility index (Phi) is 9.24. The number of carbonyl (C=O) groups excluding carboxylic acids is 3. The number of likely N-dealkylation sites (N-methyl/N-ethyl adjacent to an activating group) is 1. The Balaban J connectivity index is 1.78. The van der Waals surface area contributed by atoms with Crippen LogP contribution in [0.4, 0.5) is 9.59 Å². The number of alkyl carbamates (subject to hydrolysis) is 1. The molecule has 11 heteroatoms. The second kappa shape index (κ2) is 11.7. The number of rotatable bonds is 9. The van der Waals surface area contributed by atoms with Crippen LogP contribution in [0.1, 0.15) is 39.7 Å². The highest BCUT2D eigenvalue weighted by Crippen LogP contribution is 2.18. The van der Waals surface area contributed by atoms with Gasteiger partial charge in [-0.1, -0.05) is 30.3 Å². The van der Waals surface area contributed by atoms with Crippen LogP contribution in [0.5, 0.6) is 0 Å². The summed E-state index contributed by atoms with van der Waals surface area (Å²) >= 11 is 0. The summed E-state index contributed by atoms with van der Waals surface area (Å²) < 4.78 is 5.10. The van der Waals surface area contributed by atoms with Crippen molar-refractivity contribution in [1.29, 1.82) is 0 Å². The van der Waals surface area contributed by atoms with Crippen LogP contribution in [0.3, 0.4) is 0 Å². The quantitative estimate of drug-likeness (QED) is 0.382. The first-order valence-electron chi connectivity index (χ1n) is 10.5. The van der Waals surface area contributed by atoms with Gasteiger partial charge in [0, 0.05) is 6.54 Å². The number of carbonyl (C=O) groups is 3. The molecular formula is C21H33N5O6. The van der Waals surface area contributed by atoms with Crippen molar-refractivity contribution in [2.24, 2.45) is 5.73 Å². The molecule has 1 aliphatic heterocycles. The molecule has 4 N–H and O–H groups in total. The normalized spacial score (nSPS) is 17.7. The van der Waals surface area contributed by atoms with Gasteiger partial charge in [-0.3, -0.25) is 14.5 Å². The van der Waals surface area contributed by atoms with E-state index in [9.17, 15) is 14.4 Å². The lowest BCUT2D eigenvalue weighted by molar-refractivity contribution is -0.161. The van der Waals surface area contributed by atoms with Crippen LogP contribution in [0.25, 0.3) is 0 Å². The van der Waals surface area contributed by atoms with Gasteiger partial charge in [0.15, 0.2) is 0 Å². The molecule has 32 heavy (non-hydrogen) atoms. The van der Waals surface area contributed by atoms with Gasteiger partial charge in [0.05, 0.1) is 6.54 Å². The second-order valence-corrected chi connectivity index (χ2v) is 8.26. The Morgan fingerprint density at radius 1 is 1.25 bits per heavy atom. The van der Waals surface area contributed by atoms with E-state index >= 15 is 0 Å². The lowest BCUT2D eigenvalue weighted by Gasteiger charge is -2.39. The number of ether oxygens (including phenoxy) is 1. The fourth-order valence-electron chi connectivity index (χ4n) is 3.01. The van der Waals surface area contributed by atoms with Gasteiger partial charge in [-0.25, -0.2) is 20.1 Å². The molecule has 0 bridgehead atoms. The molecule has 0 unspecified atom stereocenters. The zero-order valence-corrected chi connectivity index (χ0v) is 19.0. The van der Waals surface area contributed by atoms with Crippen LogP contribution < -0.4 is 16.5 Å². The maximum Gasteiger partial charge on any atom is 0.408 e. The van der Waals surface area contributed by atoms with Crippen LogP contribution in [-0.2, 0) is 25.8 Å². The largest absolute Gasteiger partial charge is 0.444 e. The monoisotopic (exact) mass is 451 g/mol. The van der Waals surface area contributed by atoms with Crippen molar-refractivity contribution in [3.05, 3.63) is 35.9 Å². The molecule has 0 aromatic heterocycles. The van der Waals surface area contributed by atoms with E-state index in [1.54, 1.807) is 27.7 Å². The molecule has 178 valence electrons. The lowest BCUT2D eigenvalue weighted by Crippen LogP contribution is -2.59. The minimum absolute atomic E-state index is 0.177. The third-order valence-corrected chi connectivity index (χ3v) is 4.45. The highest BCUT2D eigenvalue weighted by Gasteiger charge is 2.37. The number of urea groups is 1. The van der Waals surface area contributed by atoms with E-state index in [0.717, 1.165) is 5.56 Å². The number of hydroxylamine groups is 3. The molecule has 0 spiro atoms. The van der Waals surface area contributed by atoms with Crippen molar-refractivity contribution >= 4 is 18.0 Å². The Hall–Kier alpha value is -2.89. The summed E-state index contributed by atoms with van der Waals surface area (Å²) in [6.45, 7) is 7.63. The first-order chi connectivity index (χ1) is 15.1. The maximum atomic E-state index is 12.7. The number of hydrogen-bond acceptors (Lipinski definition) is 7. The predicted octanol–water partition coefficient (Wildman–Crippen LogP) is 1.49. The van der Waals surface area contributed by atoms with Crippen LogP contribution in [0.2, 0.25) is 0 Å². The molecule has 1 aliphatic rings. The lowest BCUT2D eigenvalue weighted by atomic mass is 10.1. The molecule has 1 heterocycles. The van der Waals surface area contributed by atoms with Gasteiger partial charge in [-0.15, -0.1) is 0 Å². The smallest absolute Gasteiger partial charge is 0.408 e. The summed E-state index contributed by atoms with van der Waals surface area (Å²) in [7, 11) is 0. The zero-order chi connectivity index (χ0) is 23.7. The highest BCUT2D eigenvalue weighted by molar-refractivity contribution is 5.87. The van der Waals surface area contributed by atoms with Gasteiger partial charge < -0.3 is 20.7 Å². The van der Waals surface area contributed by atoms with Crippen LogP contribution >= 0.6 is 0 Å². The third-order valence-electron chi connectivity index (χ3n) is 4.45. The number of nitrogens with zero attached hydrogens (tertiary/aromatic N) is 2. The Morgan fingerprint density at radius 3 is 2.56 bits per heavy atom. The van der Waals surface area contributed by atoms with Crippen molar-refractivity contribution in [3.8, 4) is 0 Å². The molecule has 1 saturated heterocycles.